The standard InChI is InChI=1S/C78H132NO8P/c1-6-8-10-12-14-16-18-20-22-24-26-28-30-32-34-36-37-38-39-40-41-43-45-47-49-51-53-55-57-59-61-63-65-67-69-71-78(81)87-76(75-86-88(82,83)85-73-72-79(3,4)5)74-84-77(80)70-68-66-64-62-60-58-56-54-52-50-48-46-44-42-35-33-31-29-27-25-23-21-19-17-15-13-11-9-7-2/h8-11,14-17,20-23,26-29,32-35,37-38,40-41,76H,6-7,12-13,18-19,24-25,30-31,36,39,42-75H2,1-5H3/b10-8-,11-9-,16-14-,17-15-,22-20-,23-21-,28-26-,29-27-,34-32-,35-33-,38-37-,41-40-. The van der Waals surface area contributed by atoms with Crippen molar-refractivity contribution in [1.82, 2.24) is 0 Å². The lowest BCUT2D eigenvalue weighted by atomic mass is 10.0. The average Bonchev–Trinajstić information content (AvgIpc) is 3.57. The van der Waals surface area contributed by atoms with Crippen LogP contribution in [0.1, 0.15) is 284 Å². The van der Waals surface area contributed by atoms with Gasteiger partial charge >= 0.3 is 11.9 Å². The van der Waals surface area contributed by atoms with Crippen LogP contribution < -0.4 is 4.89 Å². The molecule has 0 aromatic heterocycles. The minimum atomic E-state index is -4.65. The van der Waals surface area contributed by atoms with E-state index in [1.165, 1.54) is 135 Å². The third-order valence-corrected chi connectivity index (χ3v) is 15.8. The Hall–Kier alpha value is -4.11. The van der Waals surface area contributed by atoms with Crippen LogP contribution in [0.15, 0.2) is 146 Å². The van der Waals surface area contributed by atoms with E-state index in [0.29, 0.717) is 17.4 Å². The molecule has 0 aromatic rings. The molecular weight excluding hydrogens is 1110 g/mol. The number of unbranched alkanes of at least 4 members (excludes halogenated alkanes) is 26. The van der Waals surface area contributed by atoms with Crippen LogP contribution in [0.25, 0.3) is 0 Å². The summed E-state index contributed by atoms with van der Waals surface area (Å²) in [4.78, 5) is 38.1. The molecule has 0 N–H and O–H groups in total. The maximum atomic E-state index is 12.9. The Morgan fingerprint density at radius 3 is 0.909 bits per heavy atom. The number of carbonyl (C=O) groups is 2. The number of hydrogen-bond acceptors (Lipinski definition) is 8. The summed E-state index contributed by atoms with van der Waals surface area (Å²) in [7, 11) is 1.16. The summed E-state index contributed by atoms with van der Waals surface area (Å²) in [6.45, 7) is 4.02. The van der Waals surface area contributed by atoms with Gasteiger partial charge in [0.2, 0.25) is 0 Å². The van der Waals surface area contributed by atoms with Gasteiger partial charge in [-0.2, -0.15) is 0 Å². The van der Waals surface area contributed by atoms with Crippen LogP contribution in [0.3, 0.4) is 0 Å². The Labute approximate surface area is 542 Å². The number of esters is 2. The molecular formula is C78H132NO8P. The number of ether oxygens (including phenoxy) is 2. The van der Waals surface area contributed by atoms with Crippen LogP contribution in [-0.4, -0.2) is 70.0 Å². The molecule has 0 saturated carbocycles. The van der Waals surface area contributed by atoms with Crippen molar-refractivity contribution in [1.29, 1.82) is 0 Å². The second-order valence-corrected chi connectivity index (χ2v) is 25.9. The Bertz CT molecular complexity index is 2000. The Morgan fingerprint density at radius 2 is 0.614 bits per heavy atom. The number of rotatable bonds is 64. The van der Waals surface area contributed by atoms with Gasteiger partial charge in [-0.3, -0.25) is 14.2 Å². The van der Waals surface area contributed by atoms with Gasteiger partial charge in [-0.25, -0.2) is 0 Å². The Balaban J connectivity index is 4.07. The third-order valence-electron chi connectivity index (χ3n) is 14.9. The molecule has 0 rings (SSSR count). The number of phosphoric acid groups is 1. The molecule has 502 valence electrons. The zero-order valence-corrected chi connectivity index (χ0v) is 58.0. The van der Waals surface area contributed by atoms with Gasteiger partial charge in [0.1, 0.15) is 19.8 Å². The minimum Gasteiger partial charge on any atom is -0.756 e. The van der Waals surface area contributed by atoms with E-state index in [2.05, 4.69) is 160 Å². The molecule has 9 nitrogen and oxygen atoms in total. The quantitative estimate of drug-likeness (QED) is 0.0195. The first kappa shape index (κ1) is 83.9. The maximum Gasteiger partial charge on any atom is 0.306 e. The van der Waals surface area contributed by atoms with E-state index in [1.54, 1.807) is 0 Å². The second-order valence-electron chi connectivity index (χ2n) is 24.5. The first-order chi connectivity index (χ1) is 43.0. The molecule has 10 heteroatoms. The van der Waals surface area contributed by atoms with Crippen molar-refractivity contribution >= 4 is 19.8 Å². The van der Waals surface area contributed by atoms with Gasteiger partial charge in [0.05, 0.1) is 27.7 Å². The van der Waals surface area contributed by atoms with Gasteiger partial charge in [0, 0.05) is 12.8 Å². The zero-order chi connectivity index (χ0) is 64.1. The van der Waals surface area contributed by atoms with Crippen LogP contribution in [0.4, 0.5) is 0 Å². The molecule has 0 bridgehead atoms. The number of likely N-dealkylation sites (N-methyl/N-ethyl adjacent to an activating group) is 1. The number of phosphoric ester groups is 1. The molecule has 0 aliphatic carbocycles. The topological polar surface area (TPSA) is 111 Å². The molecule has 88 heavy (non-hydrogen) atoms. The van der Waals surface area contributed by atoms with Crippen molar-refractivity contribution in [2.24, 2.45) is 0 Å². The number of allylic oxidation sites excluding steroid dienone is 24. The van der Waals surface area contributed by atoms with Gasteiger partial charge in [-0.15, -0.1) is 0 Å². The monoisotopic (exact) mass is 1240 g/mol. The fraction of sp³-hybridized carbons (Fsp3) is 0.667. The minimum absolute atomic E-state index is 0.0369. The van der Waals surface area contributed by atoms with Crippen molar-refractivity contribution in [3.63, 3.8) is 0 Å². The van der Waals surface area contributed by atoms with Crippen LogP contribution in [0, 0.1) is 0 Å². The van der Waals surface area contributed by atoms with Crippen molar-refractivity contribution in [2.45, 2.75) is 290 Å². The fourth-order valence-electron chi connectivity index (χ4n) is 9.49. The summed E-state index contributed by atoms with van der Waals surface area (Å²) in [6.07, 6.45) is 99.2. The summed E-state index contributed by atoms with van der Waals surface area (Å²) in [5.41, 5.74) is 0. The van der Waals surface area contributed by atoms with Gasteiger partial charge in [0.15, 0.2) is 6.10 Å². The number of hydrogen-bond donors (Lipinski definition) is 0. The van der Waals surface area contributed by atoms with Crippen molar-refractivity contribution in [3.05, 3.63) is 146 Å². The van der Waals surface area contributed by atoms with Crippen LogP contribution >= 0.6 is 7.82 Å². The van der Waals surface area contributed by atoms with E-state index in [1.807, 2.05) is 21.1 Å². The van der Waals surface area contributed by atoms with Crippen molar-refractivity contribution in [3.8, 4) is 0 Å². The highest BCUT2D eigenvalue weighted by Gasteiger charge is 2.22. The largest absolute Gasteiger partial charge is 0.756 e. The summed E-state index contributed by atoms with van der Waals surface area (Å²) in [5, 5.41) is 0. The van der Waals surface area contributed by atoms with E-state index in [9.17, 15) is 19.0 Å². The molecule has 0 aliphatic rings. The molecule has 0 heterocycles. The van der Waals surface area contributed by atoms with E-state index >= 15 is 0 Å². The lowest BCUT2D eigenvalue weighted by Crippen LogP contribution is -2.37. The van der Waals surface area contributed by atoms with Crippen LogP contribution in [-0.2, 0) is 32.7 Å². The van der Waals surface area contributed by atoms with E-state index in [-0.39, 0.29) is 32.0 Å². The lowest BCUT2D eigenvalue weighted by Gasteiger charge is -2.28. The van der Waals surface area contributed by atoms with Crippen LogP contribution in [0.5, 0.6) is 0 Å². The van der Waals surface area contributed by atoms with Gasteiger partial charge < -0.3 is 27.9 Å². The second kappa shape index (κ2) is 67.3. The summed E-state index contributed by atoms with van der Waals surface area (Å²) in [6, 6.07) is 0. The highest BCUT2D eigenvalue weighted by atomic mass is 31.2. The molecule has 0 spiro atoms. The number of quaternary nitrogens is 1. The Morgan fingerprint density at radius 1 is 0.352 bits per heavy atom. The SMILES string of the molecule is CC/C=C\C/C=C\C/C=C\C/C=C\C/C=C\C/C=C\C/C=C\CCCCCCCCCCCCCCCC(=O)OC(COC(=O)CCCCCCCCCCCCCCC/C=C\C/C=C\C/C=C\C/C=C\C/C=C\CC)COP(=O)([O-])OCC[N+](C)(C)C. The lowest BCUT2D eigenvalue weighted by molar-refractivity contribution is -0.870. The van der Waals surface area contributed by atoms with Crippen LogP contribution in [0.2, 0.25) is 0 Å². The predicted octanol–water partition coefficient (Wildman–Crippen LogP) is 22.7. The molecule has 2 atom stereocenters. The first-order valence-corrected chi connectivity index (χ1v) is 37.0. The highest BCUT2D eigenvalue weighted by Crippen LogP contribution is 2.38. The van der Waals surface area contributed by atoms with Crippen molar-refractivity contribution < 1.29 is 42.1 Å². The third kappa shape index (κ3) is 71.0. The maximum absolute atomic E-state index is 12.9. The molecule has 0 aromatic carbocycles. The smallest absolute Gasteiger partial charge is 0.306 e. The summed E-state index contributed by atoms with van der Waals surface area (Å²) in [5.74, 6) is -0.837. The average molecular weight is 1240 g/mol. The molecule has 0 aliphatic heterocycles. The highest BCUT2D eigenvalue weighted by molar-refractivity contribution is 7.45. The summed E-state index contributed by atoms with van der Waals surface area (Å²) >= 11 is 0. The van der Waals surface area contributed by atoms with E-state index in [0.717, 1.165) is 116 Å². The molecule has 0 fully saturated rings. The molecule has 0 amide bonds. The number of carbonyl (C=O) groups excluding carboxylic acids is 2. The van der Waals surface area contributed by atoms with Gasteiger partial charge in [-0.05, 0) is 116 Å². The van der Waals surface area contributed by atoms with E-state index < -0.39 is 26.5 Å². The normalized spacial score (nSPS) is 14.0. The van der Waals surface area contributed by atoms with Crippen molar-refractivity contribution in [2.75, 3.05) is 47.5 Å². The molecule has 0 saturated heterocycles. The summed E-state index contributed by atoms with van der Waals surface area (Å²) < 4.78 is 34.3. The Kier molecular flexibility index (Phi) is 64.1. The molecule has 0 radical (unpaired) electrons. The zero-order valence-electron chi connectivity index (χ0n) is 57.1. The van der Waals surface area contributed by atoms with Gasteiger partial charge in [-0.1, -0.05) is 301 Å². The first-order valence-electron chi connectivity index (χ1n) is 35.5. The predicted molar refractivity (Wildman–Crippen MR) is 378 cm³/mol. The number of nitrogens with zero attached hydrogens (tertiary/aromatic N) is 1. The fourth-order valence-corrected chi connectivity index (χ4v) is 10.2. The van der Waals surface area contributed by atoms with Gasteiger partial charge in [0.25, 0.3) is 7.82 Å². The van der Waals surface area contributed by atoms with E-state index in [4.69, 9.17) is 18.5 Å². The molecule has 2 unspecified atom stereocenters.